The summed E-state index contributed by atoms with van der Waals surface area (Å²) in [5.41, 5.74) is 1.51. The molecule has 1 amide bonds. The molecule has 11 nitrogen and oxygen atoms in total. The number of ether oxygens (including phenoxy) is 1. The van der Waals surface area contributed by atoms with Crippen LogP contribution in [-0.2, 0) is 19.1 Å². The van der Waals surface area contributed by atoms with E-state index in [0.29, 0.717) is 6.54 Å². The van der Waals surface area contributed by atoms with E-state index in [9.17, 15) is 19.2 Å². The number of carbonyl (C=O) groups is 4. The number of carboxylic acids is 3. The molecule has 138 valence electrons. The van der Waals surface area contributed by atoms with Gasteiger partial charge in [0.1, 0.15) is 5.60 Å². The van der Waals surface area contributed by atoms with E-state index in [-0.39, 0.29) is 12.1 Å². The summed E-state index contributed by atoms with van der Waals surface area (Å²) in [5.74, 6) is -7.01. The number of rotatable bonds is 3. The molecule has 0 aliphatic carbocycles. The maximum atomic E-state index is 11.5. The molecule has 1 aliphatic heterocycles. The van der Waals surface area contributed by atoms with Crippen molar-refractivity contribution in [1.29, 1.82) is 0 Å². The highest BCUT2D eigenvalue weighted by molar-refractivity contribution is 6.19. The third kappa shape index (κ3) is 6.01. The minimum absolute atomic E-state index is 0.118. The maximum Gasteiger partial charge on any atom is 0.410 e. The number of aliphatic hydroxyl groups is 1. The Bertz CT molecular complexity index is 476. The molecule has 0 radical (unpaired) electrons. The van der Waals surface area contributed by atoms with E-state index in [1.807, 2.05) is 20.8 Å². The summed E-state index contributed by atoms with van der Waals surface area (Å²) in [5, 5.41) is 32.3. The molecule has 0 unspecified atom stereocenters. The van der Waals surface area contributed by atoms with Crippen LogP contribution in [0.1, 0.15) is 27.2 Å². The lowest BCUT2D eigenvalue weighted by atomic mass is 10.1. The Kier molecular flexibility index (Phi) is 7.13. The van der Waals surface area contributed by atoms with E-state index < -0.39 is 29.1 Å². The molecule has 24 heavy (non-hydrogen) atoms. The Morgan fingerprint density at radius 3 is 1.67 bits per heavy atom. The molecule has 11 heteroatoms. The zero-order valence-electron chi connectivity index (χ0n) is 13.6. The Balaban J connectivity index is 0.000000449. The van der Waals surface area contributed by atoms with E-state index >= 15 is 0 Å². The Morgan fingerprint density at radius 1 is 1.04 bits per heavy atom. The topological polar surface area (TPSA) is 188 Å². The third-order valence-corrected chi connectivity index (χ3v) is 2.80. The molecule has 0 saturated carbocycles. The van der Waals surface area contributed by atoms with Gasteiger partial charge in [0.15, 0.2) is 0 Å². The first-order valence-electron chi connectivity index (χ1n) is 6.88. The number of carboxylic acid groups (broad SMARTS) is 3. The van der Waals surface area contributed by atoms with Gasteiger partial charge in [-0.05, 0) is 27.2 Å². The van der Waals surface area contributed by atoms with Crippen LogP contribution in [0.5, 0.6) is 0 Å². The van der Waals surface area contributed by atoms with Crippen LogP contribution in [0.2, 0.25) is 0 Å². The molecule has 1 aliphatic rings. The molecule has 6 N–H and O–H groups in total. The molecule has 0 spiro atoms. The van der Waals surface area contributed by atoms with Crippen LogP contribution in [0.25, 0.3) is 0 Å². The van der Waals surface area contributed by atoms with Gasteiger partial charge in [-0.1, -0.05) is 0 Å². The van der Waals surface area contributed by atoms with E-state index in [0.717, 1.165) is 13.0 Å². The highest BCUT2D eigenvalue weighted by Gasteiger charge is 2.53. The van der Waals surface area contributed by atoms with Gasteiger partial charge in [-0.2, -0.15) is 0 Å². The highest BCUT2D eigenvalue weighted by Crippen LogP contribution is 2.14. The van der Waals surface area contributed by atoms with Crippen molar-refractivity contribution in [3.8, 4) is 0 Å². The van der Waals surface area contributed by atoms with Crippen LogP contribution in [0, 0.1) is 0 Å². The van der Waals surface area contributed by atoms with Crippen molar-refractivity contribution in [3.63, 3.8) is 0 Å². The lowest BCUT2D eigenvalue weighted by Gasteiger charge is -2.24. The fraction of sp³-hybridized carbons (Fsp3) is 0.692. The van der Waals surface area contributed by atoms with Gasteiger partial charge in [0.2, 0.25) is 0 Å². The molecule has 1 heterocycles. The normalized spacial score (nSPS) is 17.5. The largest absolute Gasteiger partial charge is 0.478 e. The zero-order valence-corrected chi connectivity index (χ0v) is 13.6. The lowest BCUT2D eigenvalue weighted by molar-refractivity contribution is -0.186. The number of amides is 1. The summed E-state index contributed by atoms with van der Waals surface area (Å²) in [6.07, 6.45) is 0.625. The summed E-state index contributed by atoms with van der Waals surface area (Å²) in [7, 11) is 0. The van der Waals surface area contributed by atoms with Gasteiger partial charge < -0.3 is 35.8 Å². The summed E-state index contributed by atoms with van der Waals surface area (Å²) >= 11 is 0. The number of nitrogens with two attached hydrogens (primary N) is 1. The van der Waals surface area contributed by atoms with E-state index in [1.165, 1.54) is 0 Å². The van der Waals surface area contributed by atoms with E-state index in [4.69, 9.17) is 30.9 Å². The van der Waals surface area contributed by atoms with Crippen LogP contribution >= 0.6 is 0 Å². The van der Waals surface area contributed by atoms with Crippen LogP contribution in [-0.4, -0.2) is 79.7 Å². The third-order valence-electron chi connectivity index (χ3n) is 2.80. The molecule has 0 aromatic heterocycles. The van der Waals surface area contributed by atoms with Crippen LogP contribution in [0.15, 0.2) is 0 Å². The standard InChI is InChI=1S/C9H18N2O2.C4H4O7/c1-9(2,3)13-8(12)11-5-4-7(10)6-11;5-1(6)4(11,2(7)8)3(9)10/h7H,4-6,10H2,1-3H3;11H,(H,5,6)(H,7,8)(H,9,10)/t7-;/m0./s1. The van der Waals surface area contributed by atoms with Crippen molar-refractivity contribution in [1.82, 2.24) is 4.90 Å². The average molecular weight is 350 g/mol. The molecule has 0 bridgehead atoms. The zero-order chi connectivity index (χ0) is 19.3. The van der Waals surface area contributed by atoms with Gasteiger partial charge in [0.05, 0.1) is 0 Å². The van der Waals surface area contributed by atoms with Crippen LogP contribution in [0.3, 0.4) is 0 Å². The van der Waals surface area contributed by atoms with E-state index in [1.54, 1.807) is 4.90 Å². The average Bonchev–Trinajstić information content (AvgIpc) is 2.82. The van der Waals surface area contributed by atoms with E-state index in [2.05, 4.69) is 0 Å². The van der Waals surface area contributed by atoms with Gasteiger partial charge in [-0.25, -0.2) is 19.2 Å². The Labute approximate surface area is 137 Å². The minimum Gasteiger partial charge on any atom is -0.478 e. The molecule has 1 fully saturated rings. The monoisotopic (exact) mass is 350 g/mol. The Morgan fingerprint density at radius 2 is 1.46 bits per heavy atom. The summed E-state index contributed by atoms with van der Waals surface area (Å²) < 4.78 is 5.20. The fourth-order valence-corrected chi connectivity index (χ4v) is 1.55. The van der Waals surface area contributed by atoms with Gasteiger partial charge in [-0.3, -0.25) is 0 Å². The Hall–Kier alpha value is -2.40. The second-order valence-electron chi connectivity index (χ2n) is 6.10. The van der Waals surface area contributed by atoms with Gasteiger partial charge in [-0.15, -0.1) is 0 Å². The SMILES string of the molecule is CC(C)(C)OC(=O)N1CC[C@H](N)C1.O=C(O)C(O)(C(=O)O)C(=O)O. The van der Waals surface area contributed by atoms with Crippen molar-refractivity contribution in [2.24, 2.45) is 5.73 Å². The predicted octanol–water partition coefficient (Wildman–Crippen LogP) is -1.07. The molecule has 0 aromatic rings. The first-order valence-corrected chi connectivity index (χ1v) is 6.88. The molecule has 1 saturated heterocycles. The number of carbonyl (C=O) groups excluding carboxylic acids is 1. The summed E-state index contributed by atoms with van der Waals surface area (Å²) in [6.45, 7) is 6.92. The lowest BCUT2D eigenvalue weighted by Crippen LogP contribution is -2.53. The molecule has 1 atom stereocenters. The highest BCUT2D eigenvalue weighted by atomic mass is 16.6. The molecule has 1 rings (SSSR count). The molecule has 0 aromatic carbocycles. The summed E-state index contributed by atoms with van der Waals surface area (Å²) in [4.78, 5) is 42.8. The molecular weight excluding hydrogens is 328 g/mol. The quantitative estimate of drug-likeness (QED) is 0.392. The number of nitrogens with zero attached hydrogens (tertiary/aromatic N) is 1. The fourth-order valence-electron chi connectivity index (χ4n) is 1.55. The second kappa shape index (κ2) is 7.93. The van der Waals surface area contributed by atoms with Crippen molar-refractivity contribution < 1.29 is 44.3 Å². The minimum atomic E-state index is -3.75. The molecular formula is C13H22N2O9. The van der Waals surface area contributed by atoms with Crippen LogP contribution < -0.4 is 5.73 Å². The van der Waals surface area contributed by atoms with Crippen molar-refractivity contribution in [2.45, 2.75) is 44.4 Å². The first-order chi connectivity index (χ1) is 10.7. The number of hydrogen-bond donors (Lipinski definition) is 5. The number of aliphatic carboxylic acids is 3. The van der Waals surface area contributed by atoms with Crippen molar-refractivity contribution >= 4 is 24.0 Å². The van der Waals surface area contributed by atoms with Crippen molar-refractivity contribution in [3.05, 3.63) is 0 Å². The first kappa shape index (κ1) is 21.6. The van der Waals surface area contributed by atoms with Gasteiger partial charge in [0, 0.05) is 19.1 Å². The van der Waals surface area contributed by atoms with Gasteiger partial charge in [0.25, 0.3) is 0 Å². The predicted molar refractivity (Wildman–Crippen MR) is 78.3 cm³/mol. The number of likely N-dealkylation sites (tertiary alicyclic amines) is 1. The van der Waals surface area contributed by atoms with Crippen LogP contribution in [0.4, 0.5) is 4.79 Å². The smallest absolute Gasteiger partial charge is 0.410 e. The van der Waals surface area contributed by atoms with Gasteiger partial charge >= 0.3 is 29.6 Å². The summed E-state index contributed by atoms with van der Waals surface area (Å²) in [6, 6.07) is 0.118. The second-order valence-corrected chi connectivity index (χ2v) is 6.10. The maximum absolute atomic E-state index is 11.5. The number of hydrogen-bond acceptors (Lipinski definition) is 7. The van der Waals surface area contributed by atoms with Crippen molar-refractivity contribution in [2.75, 3.05) is 13.1 Å².